The maximum absolute atomic E-state index is 12.0. The van der Waals surface area contributed by atoms with Crippen molar-refractivity contribution in [2.75, 3.05) is 18.5 Å². The summed E-state index contributed by atoms with van der Waals surface area (Å²) >= 11 is 0. The van der Waals surface area contributed by atoms with Gasteiger partial charge in [0, 0.05) is 6.07 Å². The highest BCUT2D eigenvalue weighted by Gasteiger charge is 2.24. The fourth-order valence-electron chi connectivity index (χ4n) is 1.86. The van der Waals surface area contributed by atoms with Gasteiger partial charge in [-0.1, -0.05) is 13.8 Å². The standard InChI is InChI=1S/C17H26N2O6/c1-6-8-23-14-10-12(18-16(20)25-17(3,4)5)13(19(21)22)11-15(14)24-9-7-2/h10-11H,6-9H2,1-5H3,(H,18,20). The van der Waals surface area contributed by atoms with E-state index in [1.165, 1.54) is 12.1 Å². The minimum atomic E-state index is -0.778. The smallest absolute Gasteiger partial charge is 0.412 e. The molecule has 0 saturated heterocycles. The average Bonchev–Trinajstić information content (AvgIpc) is 2.49. The molecule has 0 aliphatic rings. The molecule has 0 heterocycles. The van der Waals surface area contributed by atoms with Crippen molar-refractivity contribution in [3.05, 3.63) is 22.2 Å². The Labute approximate surface area is 147 Å². The molecule has 8 heteroatoms. The molecule has 140 valence electrons. The van der Waals surface area contributed by atoms with Crippen LogP contribution < -0.4 is 14.8 Å². The van der Waals surface area contributed by atoms with Gasteiger partial charge in [0.1, 0.15) is 11.3 Å². The Morgan fingerprint density at radius 1 is 1.12 bits per heavy atom. The van der Waals surface area contributed by atoms with Crippen LogP contribution in [0.25, 0.3) is 0 Å². The zero-order valence-corrected chi connectivity index (χ0v) is 15.4. The number of anilines is 1. The summed E-state index contributed by atoms with van der Waals surface area (Å²) in [5, 5.41) is 13.8. The van der Waals surface area contributed by atoms with Crippen molar-refractivity contribution in [2.24, 2.45) is 0 Å². The summed E-state index contributed by atoms with van der Waals surface area (Å²) in [5.74, 6) is 0.615. The van der Waals surface area contributed by atoms with E-state index in [-0.39, 0.29) is 17.1 Å². The van der Waals surface area contributed by atoms with Crippen molar-refractivity contribution >= 4 is 17.5 Å². The molecular weight excluding hydrogens is 328 g/mol. The Kier molecular flexibility index (Phi) is 7.47. The van der Waals surface area contributed by atoms with Crippen LogP contribution in [0.1, 0.15) is 47.5 Å². The fraction of sp³-hybridized carbons (Fsp3) is 0.588. The molecule has 1 rings (SSSR count). The lowest BCUT2D eigenvalue weighted by atomic mass is 10.2. The van der Waals surface area contributed by atoms with Crippen LogP contribution in [-0.4, -0.2) is 29.8 Å². The number of nitro groups is 1. The fourth-order valence-corrected chi connectivity index (χ4v) is 1.86. The van der Waals surface area contributed by atoms with Gasteiger partial charge in [-0.05, 0) is 33.6 Å². The first-order chi connectivity index (χ1) is 11.7. The number of carbonyl (C=O) groups excluding carboxylic acids is 1. The van der Waals surface area contributed by atoms with Crippen molar-refractivity contribution in [3.8, 4) is 11.5 Å². The molecule has 0 radical (unpaired) electrons. The molecule has 1 amide bonds. The lowest BCUT2D eigenvalue weighted by Crippen LogP contribution is -2.27. The predicted octanol–water partition coefficient (Wildman–Crippen LogP) is 4.52. The topological polar surface area (TPSA) is 99.9 Å². The molecule has 0 aliphatic heterocycles. The summed E-state index contributed by atoms with van der Waals surface area (Å²) in [5.41, 5.74) is -1.01. The van der Waals surface area contributed by atoms with E-state index < -0.39 is 16.6 Å². The first-order valence-corrected chi connectivity index (χ1v) is 8.26. The number of hydrogen-bond donors (Lipinski definition) is 1. The number of carbonyl (C=O) groups is 1. The summed E-state index contributed by atoms with van der Waals surface area (Å²) in [6.45, 7) is 9.82. The Balaban J connectivity index is 3.19. The summed E-state index contributed by atoms with van der Waals surface area (Å²) < 4.78 is 16.3. The van der Waals surface area contributed by atoms with Crippen LogP contribution in [0.15, 0.2) is 12.1 Å². The van der Waals surface area contributed by atoms with Gasteiger partial charge in [-0.25, -0.2) is 4.79 Å². The third-order valence-electron chi connectivity index (χ3n) is 2.82. The molecule has 1 N–H and O–H groups in total. The average molecular weight is 354 g/mol. The molecular formula is C17H26N2O6. The molecule has 1 aromatic rings. The van der Waals surface area contributed by atoms with Crippen LogP contribution in [-0.2, 0) is 4.74 Å². The third kappa shape index (κ3) is 6.86. The summed E-state index contributed by atoms with van der Waals surface area (Å²) in [6, 6.07) is 2.65. The molecule has 0 atom stereocenters. The minimum absolute atomic E-state index is 0.00537. The third-order valence-corrected chi connectivity index (χ3v) is 2.82. The molecule has 0 fully saturated rings. The van der Waals surface area contributed by atoms with E-state index in [0.29, 0.717) is 19.0 Å². The summed E-state index contributed by atoms with van der Waals surface area (Å²) in [6.07, 6.45) is 0.733. The largest absolute Gasteiger partial charge is 0.490 e. The molecule has 0 spiro atoms. The number of nitrogens with one attached hydrogen (secondary N) is 1. The van der Waals surface area contributed by atoms with Gasteiger partial charge in [-0.2, -0.15) is 0 Å². The van der Waals surface area contributed by atoms with E-state index >= 15 is 0 Å². The SMILES string of the molecule is CCCOc1cc(NC(=O)OC(C)(C)C)c([N+](=O)[O-])cc1OCCC. The number of hydrogen-bond acceptors (Lipinski definition) is 6. The van der Waals surface area contributed by atoms with Gasteiger partial charge < -0.3 is 14.2 Å². The van der Waals surface area contributed by atoms with Crippen LogP contribution >= 0.6 is 0 Å². The lowest BCUT2D eigenvalue weighted by molar-refractivity contribution is -0.384. The van der Waals surface area contributed by atoms with Crippen LogP contribution in [0.4, 0.5) is 16.2 Å². The summed E-state index contributed by atoms with van der Waals surface area (Å²) in [4.78, 5) is 22.7. The number of amides is 1. The molecule has 0 aliphatic carbocycles. The first kappa shape index (κ1) is 20.5. The van der Waals surface area contributed by atoms with Gasteiger partial charge in [0.05, 0.1) is 24.2 Å². The van der Waals surface area contributed by atoms with Crippen LogP contribution in [0.5, 0.6) is 11.5 Å². The van der Waals surface area contributed by atoms with Crippen molar-refractivity contribution in [1.82, 2.24) is 0 Å². The second-order valence-electron chi connectivity index (χ2n) is 6.40. The van der Waals surface area contributed by atoms with Gasteiger partial charge in [0.25, 0.3) is 5.69 Å². The zero-order valence-electron chi connectivity index (χ0n) is 15.4. The second kappa shape index (κ2) is 9.10. The molecule has 25 heavy (non-hydrogen) atoms. The number of ether oxygens (including phenoxy) is 3. The van der Waals surface area contributed by atoms with E-state index in [1.807, 2.05) is 13.8 Å². The number of nitrogens with zero attached hydrogens (tertiary/aromatic N) is 1. The van der Waals surface area contributed by atoms with Crippen molar-refractivity contribution < 1.29 is 23.9 Å². The monoisotopic (exact) mass is 354 g/mol. The van der Waals surface area contributed by atoms with Crippen molar-refractivity contribution in [1.29, 1.82) is 0 Å². The maximum Gasteiger partial charge on any atom is 0.412 e. The highest BCUT2D eigenvalue weighted by Crippen LogP contribution is 2.38. The Morgan fingerprint density at radius 2 is 1.64 bits per heavy atom. The van der Waals surface area contributed by atoms with Crippen LogP contribution in [0, 0.1) is 10.1 Å². The van der Waals surface area contributed by atoms with Gasteiger partial charge >= 0.3 is 6.09 Å². The van der Waals surface area contributed by atoms with Crippen LogP contribution in [0.2, 0.25) is 0 Å². The molecule has 0 bridgehead atoms. The summed E-state index contributed by atoms with van der Waals surface area (Å²) in [7, 11) is 0. The van der Waals surface area contributed by atoms with E-state index in [1.54, 1.807) is 20.8 Å². The molecule has 0 aromatic heterocycles. The van der Waals surface area contributed by atoms with Gasteiger partial charge in [-0.3, -0.25) is 15.4 Å². The Bertz CT molecular complexity index is 610. The lowest BCUT2D eigenvalue weighted by Gasteiger charge is -2.20. The van der Waals surface area contributed by atoms with Crippen molar-refractivity contribution in [3.63, 3.8) is 0 Å². The Hall–Kier alpha value is -2.51. The van der Waals surface area contributed by atoms with Gasteiger partial charge in [-0.15, -0.1) is 0 Å². The van der Waals surface area contributed by atoms with Crippen molar-refractivity contribution in [2.45, 2.75) is 53.1 Å². The molecule has 1 aromatic carbocycles. The minimum Gasteiger partial charge on any atom is -0.490 e. The number of nitro benzene ring substituents is 1. The zero-order chi connectivity index (χ0) is 19.0. The molecule has 0 unspecified atom stereocenters. The number of benzene rings is 1. The second-order valence-corrected chi connectivity index (χ2v) is 6.40. The van der Waals surface area contributed by atoms with E-state index in [2.05, 4.69) is 5.32 Å². The maximum atomic E-state index is 12.0. The van der Waals surface area contributed by atoms with Crippen LogP contribution in [0.3, 0.4) is 0 Å². The van der Waals surface area contributed by atoms with E-state index in [4.69, 9.17) is 14.2 Å². The molecule has 0 saturated carbocycles. The van der Waals surface area contributed by atoms with Gasteiger partial charge in [0.15, 0.2) is 11.5 Å². The normalized spacial score (nSPS) is 10.9. The first-order valence-electron chi connectivity index (χ1n) is 8.26. The highest BCUT2D eigenvalue weighted by atomic mass is 16.6. The van der Waals surface area contributed by atoms with Gasteiger partial charge in [0.2, 0.25) is 0 Å². The highest BCUT2D eigenvalue weighted by molar-refractivity contribution is 5.89. The van der Waals surface area contributed by atoms with E-state index in [0.717, 1.165) is 12.8 Å². The number of rotatable bonds is 8. The predicted molar refractivity (Wildman–Crippen MR) is 94.5 cm³/mol. The Morgan fingerprint density at radius 3 is 2.08 bits per heavy atom. The molecule has 8 nitrogen and oxygen atoms in total. The quantitative estimate of drug-likeness (QED) is 0.544. The van der Waals surface area contributed by atoms with E-state index in [9.17, 15) is 14.9 Å².